The van der Waals surface area contributed by atoms with Gasteiger partial charge in [0, 0.05) is 11.4 Å². The third-order valence-corrected chi connectivity index (χ3v) is 3.56. The van der Waals surface area contributed by atoms with E-state index < -0.39 is 0 Å². The average Bonchev–Trinajstić information content (AvgIpc) is 2.40. The summed E-state index contributed by atoms with van der Waals surface area (Å²) in [5.41, 5.74) is 4.11. The molecule has 0 aromatic heterocycles. The zero-order chi connectivity index (χ0) is 15.3. The molecule has 1 heteroatoms. The zero-order valence-corrected chi connectivity index (χ0v) is 13.7. The van der Waals surface area contributed by atoms with Crippen LogP contribution in [-0.2, 0) is 6.42 Å². The lowest BCUT2D eigenvalue weighted by atomic mass is 9.83. The summed E-state index contributed by atoms with van der Waals surface area (Å²) in [5, 5.41) is 3.42. The highest BCUT2D eigenvalue weighted by molar-refractivity contribution is 5.59. The molecule has 0 aliphatic carbocycles. The predicted octanol–water partition coefficient (Wildman–Crippen LogP) is 6.05. The Morgan fingerprint density at radius 2 is 1.43 bits per heavy atom. The Kier molecular flexibility index (Phi) is 5.06. The fourth-order valence-corrected chi connectivity index (χ4v) is 2.93. The number of nitrogens with one attached hydrogen (secondary N) is 1. The standard InChI is InChI=1S/C20H27N/c1-16(15-20(2,3)4)14-17-10-12-19(13-11-17)21-18-8-6-5-7-9-18/h5-13,16,21H,14-15H2,1-4H3. The maximum atomic E-state index is 3.42. The lowest BCUT2D eigenvalue weighted by molar-refractivity contribution is 0.306. The topological polar surface area (TPSA) is 12.0 Å². The van der Waals surface area contributed by atoms with E-state index in [1.165, 1.54) is 12.0 Å². The second kappa shape index (κ2) is 6.80. The minimum absolute atomic E-state index is 0.411. The fourth-order valence-electron chi connectivity index (χ4n) is 2.93. The molecule has 0 radical (unpaired) electrons. The lowest BCUT2D eigenvalue weighted by Gasteiger charge is -2.23. The Morgan fingerprint density at radius 1 is 0.857 bits per heavy atom. The molecular formula is C20H27N. The van der Waals surface area contributed by atoms with Crippen LogP contribution in [-0.4, -0.2) is 0 Å². The van der Waals surface area contributed by atoms with Crippen LogP contribution >= 0.6 is 0 Å². The molecule has 21 heavy (non-hydrogen) atoms. The van der Waals surface area contributed by atoms with Crippen molar-refractivity contribution in [2.75, 3.05) is 5.32 Å². The van der Waals surface area contributed by atoms with Crippen molar-refractivity contribution in [3.63, 3.8) is 0 Å². The molecule has 0 amide bonds. The van der Waals surface area contributed by atoms with Gasteiger partial charge >= 0.3 is 0 Å². The smallest absolute Gasteiger partial charge is 0.0384 e. The first-order chi connectivity index (χ1) is 9.92. The second-order valence-electron chi connectivity index (χ2n) is 7.26. The number of benzene rings is 2. The van der Waals surface area contributed by atoms with Crippen LogP contribution in [0.1, 0.15) is 39.7 Å². The molecule has 0 fully saturated rings. The van der Waals surface area contributed by atoms with E-state index in [0.29, 0.717) is 5.41 Å². The average molecular weight is 281 g/mol. The van der Waals surface area contributed by atoms with Gasteiger partial charge in [0.25, 0.3) is 0 Å². The Labute approximate surface area is 129 Å². The summed E-state index contributed by atoms with van der Waals surface area (Å²) >= 11 is 0. The van der Waals surface area contributed by atoms with Crippen LogP contribution in [0, 0.1) is 11.3 Å². The van der Waals surface area contributed by atoms with E-state index in [4.69, 9.17) is 0 Å². The molecule has 0 saturated carbocycles. The van der Waals surface area contributed by atoms with E-state index in [2.05, 4.69) is 69.4 Å². The van der Waals surface area contributed by atoms with Crippen molar-refractivity contribution in [1.29, 1.82) is 0 Å². The molecule has 1 atom stereocenters. The second-order valence-corrected chi connectivity index (χ2v) is 7.26. The Bertz CT molecular complexity index is 534. The van der Waals surface area contributed by atoms with Crippen LogP contribution in [0.15, 0.2) is 54.6 Å². The van der Waals surface area contributed by atoms with Crippen molar-refractivity contribution in [3.8, 4) is 0 Å². The highest BCUT2D eigenvalue weighted by Gasteiger charge is 2.15. The van der Waals surface area contributed by atoms with Crippen molar-refractivity contribution in [3.05, 3.63) is 60.2 Å². The third-order valence-electron chi connectivity index (χ3n) is 3.56. The summed E-state index contributed by atoms with van der Waals surface area (Å²) in [7, 11) is 0. The van der Waals surface area contributed by atoms with Crippen LogP contribution in [0.2, 0.25) is 0 Å². The predicted molar refractivity (Wildman–Crippen MR) is 93.1 cm³/mol. The van der Waals surface area contributed by atoms with E-state index in [1.807, 2.05) is 18.2 Å². The van der Waals surface area contributed by atoms with Gasteiger partial charge in [0.15, 0.2) is 0 Å². The zero-order valence-electron chi connectivity index (χ0n) is 13.7. The van der Waals surface area contributed by atoms with Gasteiger partial charge in [-0.3, -0.25) is 0 Å². The molecule has 2 rings (SSSR count). The molecule has 0 aliphatic heterocycles. The van der Waals surface area contributed by atoms with Crippen LogP contribution in [0.25, 0.3) is 0 Å². The summed E-state index contributed by atoms with van der Waals surface area (Å²) in [6.07, 6.45) is 2.42. The minimum Gasteiger partial charge on any atom is -0.356 e. The monoisotopic (exact) mass is 281 g/mol. The number of hydrogen-bond acceptors (Lipinski definition) is 1. The van der Waals surface area contributed by atoms with E-state index >= 15 is 0 Å². The molecule has 0 aliphatic rings. The van der Waals surface area contributed by atoms with Gasteiger partial charge in [-0.1, -0.05) is 58.0 Å². The van der Waals surface area contributed by atoms with Gasteiger partial charge in [-0.05, 0) is 54.0 Å². The van der Waals surface area contributed by atoms with E-state index in [9.17, 15) is 0 Å². The van der Waals surface area contributed by atoms with Gasteiger partial charge in [-0.15, -0.1) is 0 Å². The SMILES string of the molecule is CC(Cc1ccc(Nc2ccccc2)cc1)CC(C)(C)C. The number of rotatable bonds is 5. The van der Waals surface area contributed by atoms with Crippen LogP contribution in [0.4, 0.5) is 11.4 Å². The van der Waals surface area contributed by atoms with Gasteiger partial charge in [0.1, 0.15) is 0 Å². The molecule has 112 valence electrons. The summed E-state index contributed by atoms with van der Waals surface area (Å²) in [6, 6.07) is 19.1. The molecule has 0 saturated heterocycles. The van der Waals surface area contributed by atoms with Crippen molar-refractivity contribution in [1.82, 2.24) is 0 Å². The van der Waals surface area contributed by atoms with Gasteiger partial charge in [0.2, 0.25) is 0 Å². The van der Waals surface area contributed by atoms with Crippen molar-refractivity contribution >= 4 is 11.4 Å². The number of para-hydroxylation sites is 1. The van der Waals surface area contributed by atoms with Crippen LogP contribution < -0.4 is 5.32 Å². The maximum Gasteiger partial charge on any atom is 0.0384 e. The Hall–Kier alpha value is -1.76. The summed E-state index contributed by atoms with van der Waals surface area (Å²) in [6.45, 7) is 9.30. The molecule has 1 unspecified atom stereocenters. The highest BCUT2D eigenvalue weighted by Crippen LogP contribution is 2.27. The first-order valence-corrected chi connectivity index (χ1v) is 7.83. The fraction of sp³-hybridized carbons (Fsp3) is 0.400. The van der Waals surface area contributed by atoms with Crippen molar-refractivity contribution in [2.24, 2.45) is 11.3 Å². The van der Waals surface area contributed by atoms with Crippen molar-refractivity contribution < 1.29 is 0 Å². The lowest BCUT2D eigenvalue weighted by Crippen LogP contribution is -2.12. The highest BCUT2D eigenvalue weighted by atomic mass is 14.9. The first-order valence-electron chi connectivity index (χ1n) is 7.83. The minimum atomic E-state index is 0.411. The van der Waals surface area contributed by atoms with Crippen LogP contribution in [0.5, 0.6) is 0 Å². The Morgan fingerprint density at radius 3 is 2.00 bits per heavy atom. The molecule has 0 heterocycles. The van der Waals surface area contributed by atoms with Gasteiger partial charge in [-0.25, -0.2) is 0 Å². The molecule has 1 nitrogen and oxygen atoms in total. The Balaban J connectivity index is 1.93. The maximum absolute atomic E-state index is 3.42. The van der Waals surface area contributed by atoms with Gasteiger partial charge in [-0.2, -0.15) is 0 Å². The summed E-state index contributed by atoms with van der Waals surface area (Å²) in [4.78, 5) is 0. The molecular weight excluding hydrogens is 254 g/mol. The summed E-state index contributed by atoms with van der Waals surface area (Å²) < 4.78 is 0. The van der Waals surface area contributed by atoms with Crippen LogP contribution in [0.3, 0.4) is 0 Å². The molecule has 1 N–H and O–H groups in total. The largest absolute Gasteiger partial charge is 0.356 e. The number of anilines is 2. The van der Waals surface area contributed by atoms with E-state index in [0.717, 1.165) is 23.7 Å². The van der Waals surface area contributed by atoms with Crippen molar-refractivity contribution in [2.45, 2.75) is 40.5 Å². The molecule has 0 bridgehead atoms. The molecule has 2 aromatic carbocycles. The number of hydrogen-bond donors (Lipinski definition) is 1. The summed E-state index contributed by atoms with van der Waals surface area (Å²) in [5.74, 6) is 0.720. The molecule has 2 aromatic rings. The molecule has 0 spiro atoms. The first kappa shape index (κ1) is 15.6. The quantitative estimate of drug-likeness (QED) is 0.704. The van der Waals surface area contributed by atoms with E-state index in [1.54, 1.807) is 0 Å². The normalized spacial score (nSPS) is 13.0. The third kappa shape index (κ3) is 5.63. The van der Waals surface area contributed by atoms with E-state index in [-0.39, 0.29) is 0 Å². The van der Waals surface area contributed by atoms with Gasteiger partial charge < -0.3 is 5.32 Å². The van der Waals surface area contributed by atoms with Gasteiger partial charge in [0.05, 0.1) is 0 Å².